The van der Waals surface area contributed by atoms with Gasteiger partial charge in [-0.2, -0.15) is 0 Å². The predicted octanol–water partition coefficient (Wildman–Crippen LogP) is 5.74. The molecule has 0 radical (unpaired) electrons. The summed E-state index contributed by atoms with van der Waals surface area (Å²) in [5.41, 5.74) is 0.942. The molecular weight excluding hydrogens is 440 g/mol. The van der Waals surface area contributed by atoms with Crippen LogP contribution in [0.25, 0.3) is 0 Å². The van der Waals surface area contributed by atoms with Crippen LogP contribution in [0, 0.1) is 5.92 Å². The fourth-order valence-electron chi connectivity index (χ4n) is 2.86. The number of rotatable bonds is 6. The summed E-state index contributed by atoms with van der Waals surface area (Å²) in [5.74, 6) is 0.382. The maximum atomic E-state index is 12.8. The second-order valence-electron chi connectivity index (χ2n) is 10.1. The van der Waals surface area contributed by atoms with Gasteiger partial charge in [0.1, 0.15) is 9.35 Å². The van der Waals surface area contributed by atoms with E-state index in [1.807, 2.05) is 39.0 Å². The zero-order valence-corrected chi connectivity index (χ0v) is 21.3. The van der Waals surface area contributed by atoms with Crippen LogP contribution in [0.1, 0.15) is 66.1 Å². The molecule has 1 fully saturated rings. The highest BCUT2D eigenvalue weighted by Gasteiger charge is 2.46. The van der Waals surface area contributed by atoms with Gasteiger partial charge in [-0.1, -0.05) is 26.8 Å². The Morgan fingerprint density at radius 1 is 1.22 bits per heavy atom. The number of pyridine rings is 1. The van der Waals surface area contributed by atoms with Crippen LogP contribution in [0.5, 0.6) is 0 Å². The summed E-state index contributed by atoms with van der Waals surface area (Å²) >= 11 is 2.32. The van der Waals surface area contributed by atoms with Gasteiger partial charge in [0.25, 0.3) is 0 Å². The topological polar surface area (TPSA) is 57.2 Å². The van der Waals surface area contributed by atoms with E-state index in [-0.39, 0.29) is 15.8 Å². The van der Waals surface area contributed by atoms with Gasteiger partial charge in [-0.25, -0.2) is 4.98 Å². The molecule has 0 bridgehead atoms. The number of nitrogens with one attached hydrogen (secondary N) is 1. The molecule has 4 nitrogen and oxygen atoms in total. The summed E-state index contributed by atoms with van der Waals surface area (Å²) in [4.78, 5) is 4.64. The van der Waals surface area contributed by atoms with Crippen LogP contribution < -0.4 is 4.72 Å². The van der Waals surface area contributed by atoms with Gasteiger partial charge >= 0.3 is 0 Å². The smallest absolute Gasteiger partial charge is 0.192 e. The van der Waals surface area contributed by atoms with Crippen LogP contribution in [-0.4, -0.2) is 28.7 Å². The normalized spacial score (nSPS) is 23.6. The molecule has 1 saturated carbocycles. The Bertz CT molecular complexity index is 640. The van der Waals surface area contributed by atoms with Crippen LogP contribution >= 0.6 is 15.9 Å². The molecule has 0 saturated heterocycles. The first-order valence-corrected chi connectivity index (χ1v) is 14.5. The van der Waals surface area contributed by atoms with Gasteiger partial charge in [-0.3, -0.25) is 0 Å². The lowest BCUT2D eigenvalue weighted by molar-refractivity contribution is 0.0365. The largest absolute Gasteiger partial charge is 0.598 e. The van der Waals surface area contributed by atoms with Crippen molar-refractivity contribution in [3.63, 3.8) is 0 Å². The minimum atomic E-state index is -1.76. The zero-order valence-electron chi connectivity index (χ0n) is 17.9. The molecule has 0 unspecified atom stereocenters. The molecular formula is C20H35BrN2O2SSi. The van der Waals surface area contributed by atoms with Gasteiger partial charge in [0, 0.05) is 17.5 Å². The molecule has 1 heterocycles. The molecule has 1 N–H and O–H groups in total. The number of halogens is 1. The molecule has 1 aliphatic carbocycles. The fraction of sp³-hybridized carbons (Fsp3) is 0.750. The van der Waals surface area contributed by atoms with Crippen molar-refractivity contribution in [3.05, 3.63) is 28.5 Å². The second kappa shape index (κ2) is 8.44. The molecule has 2 rings (SSSR count). The van der Waals surface area contributed by atoms with E-state index in [0.717, 1.165) is 23.1 Å². The Labute approximate surface area is 177 Å². The summed E-state index contributed by atoms with van der Waals surface area (Å²) in [7, 11) is -1.76. The minimum Gasteiger partial charge on any atom is -0.598 e. The molecule has 154 valence electrons. The third kappa shape index (κ3) is 6.03. The highest BCUT2D eigenvalue weighted by atomic mass is 79.9. The molecule has 7 heteroatoms. The third-order valence-corrected chi connectivity index (χ3v) is 12.3. The number of hydrogen-bond donors (Lipinski definition) is 1. The highest BCUT2D eigenvalue weighted by molar-refractivity contribution is 9.10. The molecule has 0 aliphatic heterocycles. The highest BCUT2D eigenvalue weighted by Crippen LogP contribution is 2.45. The van der Waals surface area contributed by atoms with E-state index in [0.29, 0.717) is 12.0 Å². The number of nitrogens with zero attached hydrogens (tertiary/aromatic N) is 1. The molecule has 0 spiro atoms. The molecule has 0 amide bonds. The van der Waals surface area contributed by atoms with Crippen molar-refractivity contribution in [2.24, 2.45) is 5.92 Å². The monoisotopic (exact) mass is 474 g/mol. The van der Waals surface area contributed by atoms with Crippen molar-refractivity contribution in [2.45, 2.75) is 89.4 Å². The van der Waals surface area contributed by atoms with Crippen molar-refractivity contribution in [1.29, 1.82) is 0 Å². The average molecular weight is 476 g/mol. The van der Waals surface area contributed by atoms with Gasteiger partial charge in [0.15, 0.2) is 8.32 Å². The standard InChI is InChI=1S/C20H35BrN2O2SSi/c1-19(2,3)26(24)23-18(16-10-9-11-17(21)22-16)14-12-15(13-14)25-27(7,8)20(4,5)6/h9-11,14-15,18,23H,12-13H2,1-8H3/t14-,15-,18-,26-/m1/s1. The van der Waals surface area contributed by atoms with Crippen LogP contribution in [0.3, 0.4) is 0 Å². The molecule has 2 atom stereocenters. The van der Waals surface area contributed by atoms with E-state index in [9.17, 15) is 4.55 Å². The average Bonchev–Trinajstić information content (AvgIpc) is 2.46. The molecule has 0 aromatic carbocycles. The summed E-state index contributed by atoms with van der Waals surface area (Å²) in [5, 5.41) is 0.218. The quantitative estimate of drug-likeness (QED) is 0.324. The van der Waals surface area contributed by atoms with Crippen molar-refractivity contribution < 1.29 is 8.98 Å². The number of aromatic nitrogens is 1. The predicted molar refractivity (Wildman–Crippen MR) is 121 cm³/mol. The van der Waals surface area contributed by atoms with Crippen molar-refractivity contribution >= 4 is 35.6 Å². The Kier molecular flexibility index (Phi) is 7.30. The summed E-state index contributed by atoms with van der Waals surface area (Å²) in [6.45, 7) is 17.4. The summed E-state index contributed by atoms with van der Waals surface area (Å²) in [6, 6.07) is 5.90. The van der Waals surface area contributed by atoms with Crippen LogP contribution in [-0.2, 0) is 15.8 Å². The molecule has 1 aromatic heterocycles. The van der Waals surface area contributed by atoms with E-state index < -0.39 is 19.7 Å². The maximum absolute atomic E-state index is 12.8. The van der Waals surface area contributed by atoms with Crippen molar-refractivity contribution in [1.82, 2.24) is 9.71 Å². The lowest BCUT2D eigenvalue weighted by Crippen LogP contribution is -2.51. The lowest BCUT2D eigenvalue weighted by Gasteiger charge is -2.46. The van der Waals surface area contributed by atoms with E-state index in [4.69, 9.17) is 4.43 Å². The van der Waals surface area contributed by atoms with Crippen molar-refractivity contribution in [3.8, 4) is 0 Å². The van der Waals surface area contributed by atoms with Crippen LogP contribution in [0.2, 0.25) is 18.1 Å². The van der Waals surface area contributed by atoms with Gasteiger partial charge in [-0.15, -0.1) is 4.72 Å². The van der Waals surface area contributed by atoms with Gasteiger partial charge in [0.2, 0.25) is 0 Å². The van der Waals surface area contributed by atoms with E-state index >= 15 is 0 Å². The first kappa shape index (κ1) is 23.4. The Morgan fingerprint density at radius 2 is 1.81 bits per heavy atom. The third-order valence-electron chi connectivity index (χ3n) is 5.72. The van der Waals surface area contributed by atoms with E-state index in [1.54, 1.807) is 0 Å². The van der Waals surface area contributed by atoms with Gasteiger partial charge in [0.05, 0.1) is 11.7 Å². The first-order valence-electron chi connectivity index (χ1n) is 9.69. The zero-order chi connectivity index (χ0) is 20.6. The van der Waals surface area contributed by atoms with E-state index in [2.05, 4.69) is 59.5 Å². The van der Waals surface area contributed by atoms with Crippen LogP contribution in [0.4, 0.5) is 0 Å². The second-order valence-corrected chi connectivity index (χ2v) is 17.7. The van der Waals surface area contributed by atoms with Gasteiger partial charge < -0.3 is 8.98 Å². The summed E-state index contributed by atoms with van der Waals surface area (Å²) < 4.78 is 23.2. The Balaban J connectivity index is 2.10. The number of hydrogen-bond acceptors (Lipinski definition) is 4. The summed E-state index contributed by atoms with van der Waals surface area (Å²) in [6.07, 6.45) is 2.27. The SMILES string of the molecule is CC(C)(C)[S@@+]([O-])N[C@@H](c1cccc(Br)n1)[C@H]1C[C@H](O[Si](C)(C)C(C)(C)C)C1. The minimum absolute atomic E-state index is 0.0261. The fourth-order valence-corrected chi connectivity index (χ4v) is 5.49. The molecule has 27 heavy (non-hydrogen) atoms. The van der Waals surface area contributed by atoms with Crippen LogP contribution in [0.15, 0.2) is 22.8 Å². The lowest BCUT2D eigenvalue weighted by atomic mass is 9.76. The Hall–Kier alpha value is 0.0769. The molecule has 1 aliphatic rings. The van der Waals surface area contributed by atoms with Crippen molar-refractivity contribution in [2.75, 3.05) is 0 Å². The van der Waals surface area contributed by atoms with Gasteiger partial charge in [-0.05, 0) is 85.7 Å². The molecule has 1 aromatic rings. The Morgan fingerprint density at radius 3 is 2.30 bits per heavy atom. The maximum Gasteiger partial charge on any atom is 0.192 e. The first-order chi connectivity index (χ1) is 12.2. The van der Waals surface area contributed by atoms with E-state index in [1.165, 1.54) is 0 Å².